The van der Waals surface area contributed by atoms with Gasteiger partial charge in [-0.2, -0.15) is 0 Å². The van der Waals surface area contributed by atoms with Crippen LogP contribution in [0.5, 0.6) is 0 Å². The van der Waals surface area contributed by atoms with E-state index in [-0.39, 0.29) is 22.8 Å². The third-order valence-corrected chi connectivity index (χ3v) is 6.53. The number of nitrogens with zero attached hydrogens (tertiary/aromatic N) is 1. The summed E-state index contributed by atoms with van der Waals surface area (Å²) in [4.78, 5) is 27.3. The Morgan fingerprint density at radius 1 is 1.10 bits per heavy atom. The number of anilines is 1. The topological polar surface area (TPSA) is 95.6 Å². The fourth-order valence-corrected chi connectivity index (χ4v) is 4.91. The fourth-order valence-electron chi connectivity index (χ4n) is 3.61. The molecular weight excluding hydrogens is 402 g/mol. The summed E-state index contributed by atoms with van der Waals surface area (Å²) in [6.07, 6.45) is 1.37. The Bertz CT molecular complexity index is 1050. The maximum Gasteiger partial charge on any atom is 0.262 e. The van der Waals surface area contributed by atoms with Gasteiger partial charge in [-0.3, -0.25) is 14.3 Å². The first-order chi connectivity index (χ1) is 14.2. The zero-order valence-corrected chi connectivity index (χ0v) is 18.2. The number of hydrogen-bond donors (Lipinski definition) is 2. The Hall–Kier alpha value is -2.87. The van der Waals surface area contributed by atoms with Crippen molar-refractivity contribution in [3.05, 3.63) is 59.7 Å². The molecule has 160 valence electrons. The molecule has 0 spiro atoms. The van der Waals surface area contributed by atoms with Crippen LogP contribution in [0.1, 0.15) is 42.6 Å². The Morgan fingerprint density at radius 2 is 1.83 bits per heavy atom. The minimum absolute atomic E-state index is 0.00534. The van der Waals surface area contributed by atoms with Crippen molar-refractivity contribution in [2.45, 2.75) is 50.6 Å². The predicted octanol–water partition coefficient (Wildman–Crippen LogP) is 2.93. The number of rotatable bonds is 6. The number of amides is 2. The highest BCUT2D eigenvalue weighted by Crippen LogP contribution is 2.24. The van der Waals surface area contributed by atoms with Crippen LogP contribution in [-0.4, -0.2) is 43.8 Å². The number of nitrogens with one attached hydrogen (secondary N) is 2. The van der Waals surface area contributed by atoms with Gasteiger partial charge in [-0.05, 0) is 63.4 Å². The monoisotopic (exact) mass is 429 g/mol. The molecule has 0 aromatic heterocycles. The summed E-state index contributed by atoms with van der Waals surface area (Å²) in [5, 5.41) is 2.86. The molecule has 1 aliphatic rings. The quantitative estimate of drug-likeness (QED) is 0.738. The lowest BCUT2D eigenvalue weighted by molar-refractivity contribution is -0.125. The van der Waals surface area contributed by atoms with Crippen molar-refractivity contribution in [3.63, 3.8) is 0 Å². The molecule has 8 heteroatoms. The number of carbonyl (C=O) groups excluding carboxylic acids is 2. The van der Waals surface area contributed by atoms with Gasteiger partial charge in [0.05, 0.1) is 4.90 Å². The highest BCUT2D eigenvalue weighted by Gasteiger charge is 2.34. The van der Waals surface area contributed by atoms with Crippen molar-refractivity contribution in [3.8, 4) is 0 Å². The lowest BCUT2D eigenvalue weighted by Crippen LogP contribution is -2.47. The number of likely N-dealkylation sites (tertiary alicyclic amines) is 1. The second-order valence-corrected chi connectivity index (χ2v) is 9.42. The number of sulfonamides is 1. The molecule has 1 heterocycles. The molecule has 1 unspecified atom stereocenters. The molecule has 0 aliphatic carbocycles. The van der Waals surface area contributed by atoms with E-state index in [2.05, 4.69) is 10.0 Å². The third-order valence-electron chi connectivity index (χ3n) is 4.99. The molecule has 2 amide bonds. The minimum Gasteiger partial charge on any atom is -0.352 e. The van der Waals surface area contributed by atoms with E-state index >= 15 is 0 Å². The standard InChI is InChI=1S/C22H27N3O4S/c1-15(2)23-21(26)19-11-7-13-25(19)22(27)17-9-6-10-18(14-17)24-30(28,29)20-12-5-4-8-16(20)3/h4-6,8-10,12,14-15,19,24H,7,11,13H2,1-3H3,(H,23,26). The highest BCUT2D eigenvalue weighted by atomic mass is 32.2. The van der Waals surface area contributed by atoms with Crippen LogP contribution >= 0.6 is 0 Å². The Morgan fingerprint density at radius 3 is 2.53 bits per heavy atom. The van der Waals surface area contributed by atoms with Crippen LogP contribution in [0.2, 0.25) is 0 Å². The predicted molar refractivity (Wildman–Crippen MR) is 116 cm³/mol. The van der Waals surface area contributed by atoms with Crippen LogP contribution < -0.4 is 10.0 Å². The summed E-state index contributed by atoms with van der Waals surface area (Å²) < 4.78 is 28.0. The van der Waals surface area contributed by atoms with Gasteiger partial charge in [0, 0.05) is 23.8 Å². The second-order valence-electron chi connectivity index (χ2n) is 7.77. The van der Waals surface area contributed by atoms with Crippen LogP contribution in [0.3, 0.4) is 0 Å². The first-order valence-electron chi connectivity index (χ1n) is 9.99. The average Bonchev–Trinajstić information content (AvgIpc) is 3.17. The molecule has 1 saturated heterocycles. The molecule has 30 heavy (non-hydrogen) atoms. The van der Waals surface area contributed by atoms with Gasteiger partial charge in [0.15, 0.2) is 0 Å². The SMILES string of the molecule is Cc1ccccc1S(=O)(=O)Nc1cccc(C(=O)N2CCCC2C(=O)NC(C)C)c1. The molecule has 0 bridgehead atoms. The average molecular weight is 430 g/mol. The smallest absolute Gasteiger partial charge is 0.262 e. The number of aryl methyl sites for hydroxylation is 1. The molecule has 1 fully saturated rings. The van der Waals surface area contributed by atoms with Crippen molar-refractivity contribution in [1.82, 2.24) is 10.2 Å². The molecule has 2 aromatic carbocycles. The van der Waals surface area contributed by atoms with E-state index in [1.807, 2.05) is 13.8 Å². The van der Waals surface area contributed by atoms with Crippen LogP contribution in [0.25, 0.3) is 0 Å². The first kappa shape index (κ1) is 21.8. The van der Waals surface area contributed by atoms with Crippen molar-refractivity contribution in [1.29, 1.82) is 0 Å². The number of hydrogen-bond acceptors (Lipinski definition) is 4. The summed E-state index contributed by atoms with van der Waals surface area (Å²) in [5.41, 5.74) is 1.27. The van der Waals surface area contributed by atoms with Gasteiger partial charge in [0.2, 0.25) is 5.91 Å². The van der Waals surface area contributed by atoms with Crippen LogP contribution in [0.4, 0.5) is 5.69 Å². The molecule has 0 radical (unpaired) electrons. The number of benzene rings is 2. The summed E-state index contributed by atoms with van der Waals surface area (Å²) in [6.45, 7) is 5.98. The largest absolute Gasteiger partial charge is 0.352 e. The summed E-state index contributed by atoms with van der Waals surface area (Å²) in [6, 6.07) is 12.5. The lowest BCUT2D eigenvalue weighted by Gasteiger charge is -2.25. The zero-order valence-electron chi connectivity index (χ0n) is 17.4. The van der Waals surface area contributed by atoms with Gasteiger partial charge in [-0.1, -0.05) is 24.3 Å². The van der Waals surface area contributed by atoms with E-state index in [1.54, 1.807) is 48.2 Å². The Kier molecular flexibility index (Phi) is 6.45. The van der Waals surface area contributed by atoms with Gasteiger partial charge in [-0.15, -0.1) is 0 Å². The van der Waals surface area contributed by atoms with Gasteiger partial charge >= 0.3 is 0 Å². The van der Waals surface area contributed by atoms with Crippen molar-refractivity contribution in [2.24, 2.45) is 0 Å². The third kappa shape index (κ3) is 4.81. The molecule has 3 rings (SSSR count). The molecule has 2 N–H and O–H groups in total. The Balaban J connectivity index is 1.80. The van der Waals surface area contributed by atoms with E-state index in [1.165, 1.54) is 12.1 Å². The maximum atomic E-state index is 13.1. The summed E-state index contributed by atoms with van der Waals surface area (Å²) >= 11 is 0. The van der Waals surface area contributed by atoms with E-state index in [0.717, 1.165) is 6.42 Å². The van der Waals surface area contributed by atoms with Crippen molar-refractivity contribution in [2.75, 3.05) is 11.3 Å². The number of carbonyl (C=O) groups is 2. The highest BCUT2D eigenvalue weighted by molar-refractivity contribution is 7.92. The van der Waals surface area contributed by atoms with E-state index in [4.69, 9.17) is 0 Å². The van der Waals surface area contributed by atoms with Gasteiger partial charge in [0.1, 0.15) is 6.04 Å². The van der Waals surface area contributed by atoms with Gasteiger partial charge in [-0.25, -0.2) is 8.42 Å². The minimum atomic E-state index is -3.78. The second kappa shape index (κ2) is 8.87. The molecule has 2 aromatic rings. The first-order valence-corrected chi connectivity index (χ1v) is 11.5. The van der Waals surface area contributed by atoms with Crippen molar-refractivity contribution < 1.29 is 18.0 Å². The zero-order chi connectivity index (χ0) is 21.9. The molecule has 1 aliphatic heterocycles. The van der Waals surface area contributed by atoms with E-state index in [9.17, 15) is 18.0 Å². The Labute approximate surface area is 177 Å². The summed E-state index contributed by atoms with van der Waals surface area (Å²) in [5.74, 6) is -0.444. The molecule has 1 atom stereocenters. The van der Waals surface area contributed by atoms with Crippen LogP contribution in [0, 0.1) is 6.92 Å². The van der Waals surface area contributed by atoms with Crippen LogP contribution in [-0.2, 0) is 14.8 Å². The van der Waals surface area contributed by atoms with Crippen molar-refractivity contribution >= 4 is 27.5 Å². The maximum absolute atomic E-state index is 13.1. The van der Waals surface area contributed by atoms with Gasteiger partial charge < -0.3 is 10.2 Å². The van der Waals surface area contributed by atoms with E-state index < -0.39 is 16.1 Å². The summed E-state index contributed by atoms with van der Waals surface area (Å²) in [7, 11) is -3.78. The molecular formula is C22H27N3O4S. The normalized spacial score (nSPS) is 16.5. The lowest BCUT2D eigenvalue weighted by atomic mass is 10.1. The van der Waals surface area contributed by atoms with Gasteiger partial charge in [0.25, 0.3) is 15.9 Å². The fraction of sp³-hybridized carbons (Fsp3) is 0.364. The van der Waals surface area contributed by atoms with E-state index in [0.29, 0.717) is 29.8 Å². The molecule has 7 nitrogen and oxygen atoms in total. The molecule has 0 saturated carbocycles. The van der Waals surface area contributed by atoms with Crippen LogP contribution in [0.15, 0.2) is 53.4 Å².